The van der Waals surface area contributed by atoms with Crippen LogP contribution >= 0.6 is 0 Å². The minimum atomic E-state index is -0.337. The van der Waals surface area contributed by atoms with E-state index >= 15 is 0 Å². The second kappa shape index (κ2) is 4.90. The largest absolute Gasteiger partial charge is 0.326 e. The molecule has 3 rings (SSSR count). The fourth-order valence-corrected chi connectivity index (χ4v) is 2.21. The van der Waals surface area contributed by atoms with Gasteiger partial charge in [0.2, 0.25) is 0 Å². The molecule has 1 aromatic carbocycles. The highest BCUT2D eigenvalue weighted by molar-refractivity contribution is 5.42. The van der Waals surface area contributed by atoms with Crippen LogP contribution < -0.4 is 11.3 Å². The summed E-state index contributed by atoms with van der Waals surface area (Å²) in [5, 5.41) is 4.00. The lowest BCUT2D eigenvalue weighted by molar-refractivity contribution is 0.620. The zero-order chi connectivity index (χ0) is 14.1. The van der Waals surface area contributed by atoms with Gasteiger partial charge in [-0.05, 0) is 29.3 Å². The van der Waals surface area contributed by atoms with Crippen LogP contribution in [0, 0.1) is 5.82 Å². The molecule has 2 N–H and O–H groups in total. The summed E-state index contributed by atoms with van der Waals surface area (Å²) in [6, 6.07) is 6.07. The Morgan fingerprint density at radius 3 is 2.85 bits per heavy atom. The molecule has 0 saturated heterocycles. The van der Waals surface area contributed by atoms with Gasteiger partial charge in [0.1, 0.15) is 11.3 Å². The Morgan fingerprint density at radius 2 is 2.05 bits per heavy atom. The number of hydrogen-bond acceptors (Lipinski definition) is 3. The van der Waals surface area contributed by atoms with Crippen LogP contribution in [0.1, 0.15) is 11.1 Å². The van der Waals surface area contributed by atoms with E-state index in [0.29, 0.717) is 17.6 Å². The number of hydrogen-bond donors (Lipinski definition) is 1. The first kappa shape index (κ1) is 12.6. The van der Waals surface area contributed by atoms with Crippen molar-refractivity contribution in [1.29, 1.82) is 0 Å². The summed E-state index contributed by atoms with van der Waals surface area (Å²) in [5.74, 6) is -0.337. The van der Waals surface area contributed by atoms with Crippen molar-refractivity contribution in [3.8, 4) is 0 Å². The van der Waals surface area contributed by atoms with Gasteiger partial charge in [-0.1, -0.05) is 6.07 Å². The van der Waals surface area contributed by atoms with E-state index in [9.17, 15) is 9.18 Å². The van der Waals surface area contributed by atoms with Gasteiger partial charge >= 0.3 is 0 Å². The zero-order valence-electron chi connectivity index (χ0n) is 10.7. The van der Waals surface area contributed by atoms with Crippen LogP contribution in [-0.4, -0.2) is 14.2 Å². The standard InChI is InChI=1S/C14H13FN4O/c15-12-2-1-10(8-16)11(7-12)9-18-5-6-19-13(14(18)20)3-4-17-19/h1-7H,8-9,16H2. The molecule has 0 atom stereocenters. The maximum atomic E-state index is 13.3. The van der Waals surface area contributed by atoms with E-state index in [1.165, 1.54) is 21.2 Å². The molecule has 2 heterocycles. The molecule has 0 amide bonds. The number of rotatable bonds is 3. The summed E-state index contributed by atoms with van der Waals surface area (Å²) < 4.78 is 16.4. The van der Waals surface area contributed by atoms with Gasteiger partial charge in [0, 0.05) is 18.9 Å². The van der Waals surface area contributed by atoms with Crippen LogP contribution in [-0.2, 0) is 13.1 Å². The molecule has 0 aliphatic carbocycles. The van der Waals surface area contributed by atoms with Gasteiger partial charge in [-0.15, -0.1) is 0 Å². The summed E-state index contributed by atoms with van der Waals surface area (Å²) in [7, 11) is 0. The van der Waals surface area contributed by atoms with Crippen molar-refractivity contribution in [2.24, 2.45) is 5.73 Å². The molecular weight excluding hydrogens is 259 g/mol. The molecule has 0 radical (unpaired) electrons. The average molecular weight is 272 g/mol. The van der Waals surface area contributed by atoms with Crippen molar-refractivity contribution < 1.29 is 4.39 Å². The van der Waals surface area contributed by atoms with E-state index in [1.807, 2.05) is 0 Å². The van der Waals surface area contributed by atoms with Crippen LogP contribution in [0.5, 0.6) is 0 Å². The minimum absolute atomic E-state index is 0.169. The maximum Gasteiger partial charge on any atom is 0.276 e. The molecule has 2 aromatic heterocycles. The highest BCUT2D eigenvalue weighted by atomic mass is 19.1. The summed E-state index contributed by atoms with van der Waals surface area (Å²) >= 11 is 0. The van der Waals surface area contributed by atoms with E-state index < -0.39 is 0 Å². The van der Waals surface area contributed by atoms with Crippen molar-refractivity contribution in [3.05, 3.63) is 70.2 Å². The number of nitrogens with two attached hydrogens (primary N) is 1. The van der Waals surface area contributed by atoms with Gasteiger partial charge in [0.05, 0.1) is 12.7 Å². The number of fused-ring (bicyclic) bond motifs is 1. The second-order valence-corrected chi connectivity index (χ2v) is 4.51. The molecular formula is C14H13FN4O. The zero-order valence-corrected chi connectivity index (χ0v) is 10.7. The molecule has 3 aromatic rings. The van der Waals surface area contributed by atoms with Crippen LogP contribution in [0.25, 0.3) is 5.52 Å². The number of aromatic nitrogens is 3. The lowest BCUT2D eigenvalue weighted by Gasteiger charge is -2.10. The van der Waals surface area contributed by atoms with E-state index in [1.54, 1.807) is 30.7 Å². The Balaban J connectivity index is 2.07. The van der Waals surface area contributed by atoms with Crippen molar-refractivity contribution in [1.82, 2.24) is 14.2 Å². The van der Waals surface area contributed by atoms with E-state index in [-0.39, 0.29) is 17.9 Å². The predicted octanol–water partition coefficient (Wildman–Crippen LogP) is 1.14. The predicted molar refractivity (Wildman–Crippen MR) is 72.8 cm³/mol. The highest BCUT2D eigenvalue weighted by Crippen LogP contribution is 2.12. The molecule has 102 valence electrons. The molecule has 0 bridgehead atoms. The fourth-order valence-electron chi connectivity index (χ4n) is 2.21. The van der Waals surface area contributed by atoms with Gasteiger partial charge in [-0.2, -0.15) is 5.10 Å². The van der Waals surface area contributed by atoms with Crippen LogP contribution in [0.15, 0.2) is 47.7 Å². The molecule has 0 saturated carbocycles. The quantitative estimate of drug-likeness (QED) is 0.777. The Hall–Kier alpha value is -2.47. The first-order valence-corrected chi connectivity index (χ1v) is 6.19. The third-order valence-corrected chi connectivity index (χ3v) is 3.27. The first-order valence-electron chi connectivity index (χ1n) is 6.19. The highest BCUT2D eigenvalue weighted by Gasteiger charge is 2.07. The topological polar surface area (TPSA) is 65.3 Å². The summed E-state index contributed by atoms with van der Waals surface area (Å²) in [6.45, 7) is 0.587. The number of benzene rings is 1. The average Bonchev–Trinajstić information content (AvgIpc) is 2.91. The molecule has 20 heavy (non-hydrogen) atoms. The van der Waals surface area contributed by atoms with Crippen molar-refractivity contribution in [3.63, 3.8) is 0 Å². The monoisotopic (exact) mass is 272 g/mol. The lowest BCUT2D eigenvalue weighted by Crippen LogP contribution is -2.22. The lowest BCUT2D eigenvalue weighted by atomic mass is 10.1. The second-order valence-electron chi connectivity index (χ2n) is 4.51. The number of halogens is 1. The Bertz CT molecular complexity index is 821. The molecule has 6 heteroatoms. The van der Waals surface area contributed by atoms with Gasteiger partial charge in [-0.3, -0.25) is 4.79 Å². The van der Waals surface area contributed by atoms with Crippen molar-refractivity contribution in [2.45, 2.75) is 13.1 Å². The van der Waals surface area contributed by atoms with Crippen molar-refractivity contribution >= 4 is 5.52 Å². The van der Waals surface area contributed by atoms with E-state index in [4.69, 9.17) is 5.73 Å². The Labute approximate surface area is 114 Å². The Morgan fingerprint density at radius 1 is 1.20 bits per heavy atom. The third kappa shape index (κ3) is 2.10. The van der Waals surface area contributed by atoms with Crippen molar-refractivity contribution in [2.75, 3.05) is 0 Å². The normalized spacial score (nSPS) is 11.1. The summed E-state index contributed by atoms with van der Waals surface area (Å²) in [4.78, 5) is 12.3. The first-order chi connectivity index (χ1) is 9.69. The summed E-state index contributed by atoms with van der Waals surface area (Å²) in [5.41, 5.74) is 7.49. The van der Waals surface area contributed by atoms with Gasteiger partial charge in [-0.25, -0.2) is 8.91 Å². The fraction of sp³-hybridized carbons (Fsp3) is 0.143. The minimum Gasteiger partial charge on any atom is -0.326 e. The van der Waals surface area contributed by atoms with E-state index in [0.717, 1.165) is 5.56 Å². The third-order valence-electron chi connectivity index (χ3n) is 3.27. The van der Waals surface area contributed by atoms with Crippen LogP contribution in [0.4, 0.5) is 4.39 Å². The van der Waals surface area contributed by atoms with Gasteiger partial charge in [0.25, 0.3) is 5.56 Å². The molecule has 0 unspecified atom stereocenters. The molecule has 0 aliphatic heterocycles. The summed E-state index contributed by atoms with van der Waals surface area (Å²) in [6.07, 6.45) is 4.89. The van der Waals surface area contributed by atoms with E-state index in [2.05, 4.69) is 5.10 Å². The molecule has 5 nitrogen and oxygen atoms in total. The Kier molecular flexibility index (Phi) is 3.08. The van der Waals surface area contributed by atoms with Crippen LogP contribution in [0.2, 0.25) is 0 Å². The smallest absolute Gasteiger partial charge is 0.276 e. The number of nitrogens with zero attached hydrogens (tertiary/aromatic N) is 3. The molecule has 0 aliphatic rings. The SMILES string of the molecule is NCc1ccc(F)cc1Cn1ccn2nccc2c1=O. The van der Waals surface area contributed by atoms with Crippen LogP contribution in [0.3, 0.4) is 0 Å². The molecule has 0 spiro atoms. The molecule has 0 fully saturated rings. The van der Waals surface area contributed by atoms with Gasteiger partial charge in [0.15, 0.2) is 0 Å². The van der Waals surface area contributed by atoms with Gasteiger partial charge < -0.3 is 10.3 Å². The maximum absolute atomic E-state index is 13.3.